The van der Waals surface area contributed by atoms with Crippen molar-refractivity contribution in [3.05, 3.63) is 216 Å². The Morgan fingerprint density at radius 2 is 0.917 bits per heavy atom. The number of hydrogen-bond acceptors (Lipinski definition) is 1. The van der Waals surface area contributed by atoms with Crippen molar-refractivity contribution in [2.45, 2.75) is 38.5 Å². The third-order valence-corrected chi connectivity index (χ3v) is 13.8. The van der Waals surface area contributed by atoms with Crippen molar-refractivity contribution in [2.24, 2.45) is 0 Å². The minimum Gasteiger partial charge on any atom is -0.309 e. The highest BCUT2D eigenvalue weighted by atomic mass is 15.2. The largest absolute Gasteiger partial charge is 0.309 e. The molecule has 2 nitrogen and oxygen atoms in total. The van der Waals surface area contributed by atoms with Crippen molar-refractivity contribution in [3.8, 4) is 39.1 Å². The van der Waals surface area contributed by atoms with E-state index in [4.69, 9.17) is 0 Å². The monoisotopic (exact) mass is 768 g/mol. The molecule has 0 unspecified atom stereocenters. The smallest absolute Gasteiger partial charge is 0.0561 e. The van der Waals surface area contributed by atoms with E-state index in [0.29, 0.717) is 0 Å². The number of benzene rings is 9. The number of nitrogens with zero attached hydrogens (tertiary/aromatic N) is 2. The molecular formula is C58H44N2. The van der Waals surface area contributed by atoms with E-state index in [1.807, 2.05) is 0 Å². The number of hydrogen-bond donors (Lipinski definition) is 0. The Morgan fingerprint density at radius 1 is 0.367 bits per heavy atom. The highest BCUT2D eigenvalue weighted by Gasteiger charge is 2.39. The van der Waals surface area contributed by atoms with Crippen LogP contribution in [0.15, 0.2) is 194 Å². The number of aromatic nitrogens is 1. The van der Waals surface area contributed by atoms with Crippen molar-refractivity contribution in [2.75, 3.05) is 4.90 Å². The van der Waals surface area contributed by atoms with Crippen molar-refractivity contribution in [1.29, 1.82) is 0 Å². The van der Waals surface area contributed by atoms with E-state index < -0.39 is 0 Å². The van der Waals surface area contributed by atoms with Gasteiger partial charge in [0.15, 0.2) is 0 Å². The van der Waals surface area contributed by atoms with Gasteiger partial charge in [-0.1, -0.05) is 179 Å². The molecule has 2 aliphatic rings. The molecule has 0 saturated heterocycles. The molecule has 60 heavy (non-hydrogen) atoms. The van der Waals surface area contributed by atoms with Gasteiger partial charge in [0.25, 0.3) is 0 Å². The van der Waals surface area contributed by atoms with Gasteiger partial charge in [0.1, 0.15) is 0 Å². The van der Waals surface area contributed by atoms with Crippen LogP contribution in [0.25, 0.3) is 71.6 Å². The average molecular weight is 769 g/mol. The average Bonchev–Trinajstić information content (AvgIpc) is 3.83. The Hall–Kier alpha value is -7.16. The summed E-state index contributed by atoms with van der Waals surface area (Å²) in [5, 5.41) is 4.97. The first-order valence-electron chi connectivity index (χ1n) is 21.2. The van der Waals surface area contributed by atoms with E-state index in [1.165, 1.54) is 93.9 Å². The second-order valence-electron chi connectivity index (χ2n) is 17.7. The van der Waals surface area contributed by atoms with E-state index in [-0.39, 0.29) is 10.8 Å². The third kappa shape index (κ3) is 4.82. The fourth-order valence-corrected chi connectivity index (χ4v) is 10.9. The third-order valence-electron chi connectivity index (χ3n) is 13.8. The van der Waals surface area contributed by atoms with E-state index in [9.17, 15) is 0 Å². The summed E-state index contributed by atoms with van der Waals surface area (Å²) in [6, 6.07) is 72.6. The summed E-state index contributed by atoms with van der Waals surface area (Å²) in [5.74, 6) is 0. The maximum atomic E-state index is 2.58. The lowest BCUT2D eigenvalue weighted by Gasteiger charge is -2.32. The molecule has 9 aromatic carbocycles. The van der Waals surface area contributed by atoms with Crippen LogP contribution >= 0.6 is 0 Å². The van der Waals surface area contributed by atoms with Crippen LogP contribution < -0.4 is 4.90 Å². The number of anilines is 3. The number of fused-ring (bicyclic) bond motifs is 10. The molecular weight excluding hydrogens is 725 g/mol. The lowest BCUT2D eigenvalue weighted by Crippen LogP contribution is -2.17. The zero-order valence-electron chi connectivity index (χ0n) is 34.4. The fourth-order valence-electron chi connectivity index (χ4n) is 10.9. The van der Waals surface area contributed by atoms with Crippen LogP contribution in [-0.4, -0.2) is 4.57 Å². The molecule has 0 aliphatic heterocycles. The van der Waals surface area contributed by atoms with Crippen LogP contribution in [0.1, 0.15) is 49.9 Å². The summed E-state index contributed by atoms with van der Waals surface area (Å²) in [4.78, 5) is 2.58. The second-order valence-corrected chi connectivity index (χ2v) is 17.7. The zero-order valence-corrected chi connectivity index (χ0v) is 34.4. The van der Waals surface area contributed by atoms with Crippen LogP contribution in [0.4, 0.5) is 17.1 Å². The second kappa shape index (κ2) is 12.7. The molecule has 1 aromatic heterocycles. The maximum Gasteiger partial charge on any atom is 0.0561 e. The molecule has 12 rings (SSSR count). The fraction of sp³-hybridized carbons (Fsp3) is 0.103. The molecule has 0 bridgehead atoms. The maximum absolute atomic E-state index is 2.58. The SMILES string of the molecule is CC1(C)c2ccccc2-c2cc(N(c3cc(-n4c5ccccc5c5ccccc54)ccc3-c3cccc4ccccc34)c3cccc4c3-c3ccccc3C4(C)C)ccc21. The summed E-state index contributed by atoms with van der Waals surface area (Å²) in [7, 11) is 0. The van der Waals surface area contributed by atoms with Crippen molar-refractivity contribution >= 4 is 49.6 Å². The molecule has 0 radical (unpaired) electrons. The Kier molecular flexibility index (Phi) is 7.36. The highest BCUT2D eigenvalue weighted by molar-refractivity contribution is 6.10. The van der Waals surface area contributed by atoms with Gasteiger partial charge in [0.2, 0.25) is 0 Å². The lowest BCUT2D eigenvalue weighted by molar-refractivity contribution is 0.660. The molecule has 286 valence electrons. The molecule has 0 spiro atoms. The van der Waals surface area contributed by atoms with Gasteiger partial charge in [0, 0.05) is 44.1 Å². The minimum atomic E-state index is -0.155. The highest BCUT2D eigenvalue weighted by Crippen LogP contribution is 2.57. The quantitative estimate of drug-likeness (QED) is 0.169. The van der Waals surface area contributed by atoms with Gasteiger partial charge in [-0.05, 0) is 97.7 Å². The Bertz CT molecular complexity index is 3340. The van der Waals surface area contributed by atoms with Crippen LogP contribution in [-0.2, 0) is 10.8 Å². The number of rotatable bonds is 5. The molecule has 2 heteroatoms. The normalized spacial score (nSPS) is 14.3. The summed E-state index contributed by atoms with van der Waals surface area (Å²) >= 11 is 0. The summed E-state index contributed by atoms with van der Waals surface area (Å²) in [6.45, 7) is 9.49. The van der Waals surface area contributed by atoms with Crippen LogP contribution in [0.2, 0.25) is 0 Å². The summed E-state index contributed by atoms with van der Waals surface area (Å²) in [5.41, 5.74) is 19.8. The Balaban J connectivity index is 1.22. The Labute approximate surface area is 351 Å². The lowest BCUT2D eigenvalue weighted by atomic mass is 9.82. The predicted molar refractivity (Wildman–Crippen MR) is 254 cm³/mol. The van der Waals surface area contributed by atoms with Crippen LogP contribution in [0.3, 0.4) is 0 Å². The van der Waals surface area contributed by atoms with Gasteiger partial charge >= 0.3 is 0 Å². The molecule has 0 atom stereocenters. The van der Waals surface area contributed by atoms with E-state index >= 15 is 0 Å². The first-order valence-corrected chi connectivity index (χ1v) is 21.2. The van der Waals surface area contributed by atoms with Gasteiger partial charge in [-0.2, -0.15) is 0 Å². The molecule has 0 amide bonds. The van der Waals surface area contributed by atoms with E-state index in [0.717, 1.165) is 17.1 Å². The molecule has 0 N–H and O–H groups in total. The predicted octanol–water partition coefficient (Wildman–Crippen LogP) is 15.7. The van der Waals surface area contributed by atoms with Gasteiger partial charge < -0.3 is 9.47 Å². The summed E-state index contributed by atoms with van der Waals surface area (Å²) in [6.07, 6.45) is 0. The van der Waals surface area contributed by atoms with Crippen LogP contribution in [0.5, 0.6) is 0 Å². The molecule has 0 saturated carbocycles. The first kappa shape index (κ1) is 34.8. The van der Waals surface area contributed by atoms with Gasteiger partial charge in [0.05, 0.1) is 22.4 Å². The van der Waals surface area contributed by atoms with E-state index in [2.05, 4.69) is 231 Å². The molecule has 0 fully saturated rings. The van der Waals surface area contributed by atoms with Crippen molar-refractivity contribution in [3.63, 3.8) is 0 Å². The van der Waals surface area contributed by atoms with Crippen molar-refractivity contribution in [1.82, 2.24) is 4.57 Å². The van der Waals surface area contributed by atoms with Crippen LogP contribution in [0, 0.1) is 0 Å². The standard InChI is InChI=1S/C58H44N2/c1-57(2)48-25-11-7-20-42(48)47-35-38(32-34-50(47)57)60(54-30-16-27-51-56(54)46-23-8-12-26-49(46)58(51,3)4)55-36-39(31-33-45(55)41-24-15-18-37-17-5-6-19-40(37)41)59-52-28-13-9-21-43(52)44-22-10-14-29-53(44)59/h5-36H,1-4H3. The van der Waals surface area contributed by atoms with E-state index in [1.54, 1.807) is 0 Å². The molecule has 2 aliphatic carbocycles. The molecule has 10 aromatic rings. The zero-order chi connectivity index (χ0) is 40.3. The molecule has 1 heterocycles. The van der Waals surface area contributed by atoms with Gasteiger partial charge in [-0.25, -0.2) is 0 Å². The van der Waals surface area contributed by atoms with Crippen molar-refractivity contribution < 1.29 is 0 Å². The minimum absolute atomic E-state index is 0.100. The topological polar surface area (TPSA) is 8.17 Å². The van der Waals surface area contributed by atoms with Gasteiger partial charge in [-0.15, -0.1) is 0 Å². The summed E-state index contributed by atoms with van der Waals surface area (Å²) < 4.78 is 2.45. The van der Waals surface area contributed by atoms with Gasteiger partial charge in [-0.3, -0.25) is 0 Å². The first-order chi connectivity index (χ1) is 29.3. The Morgan fingerprint density at radius 3 is 1.68 bits per heavy atom. The number of para-hydroxylation sites is 2.